The van der Waals surface area contributed by atoms with Crippen LogP contribution in [0.5, 0.6) is 5.75 Å². The predicted molar refractivity (Wildman–Crippen MR) is 96.0 cm³/mol. The first-order valence-electron chi connectivity index (χ1n) is 8.81. The fourth-order valence-electron chi connectivity index (χ4n) is 3.83. The molecule has 4 rings (SSSR count). The lowest BCUT2D eigenvalue weighted by molar-refractivity contribution is -0.136. The lowest BCUT2D eigenvalue weighted by Crippen LogP contribution is -2.43. The Kier molecular flexibility index (Phi) is 4.29. The van der Waals surface area contributed by atoms with Gasteiger partial charge in [-0.2, -0.15) is 13.2 Å². The number of benzene rings is 1. The molecule has 2 aliphatic carbocycles. The van der Waals surface area contributed by atoms with Crippen LogP contribution in [0.3, 0.4) is 0 Å². The third kappa shape index (κ3) is 3.34. The molecule has 2 aromatic rings. The molecule has 148 valence electrons. The second-order valence-corrected chi connectivity index (χ2v) is 8.56. The highest BCUT2D eigenvalue weighted by Crippen LogP contribution is 2.52. The summed E-state index contributed by atoms with van der Waals surface area (Å²) in [5, 5.41) is 21.2. The summed E-state index contributed by atoms with van der Waals surface area (Å²) in [6.07, 6.45) is -3.03. The lowest BCUT2D eigenvalue weighted by Gasteiger charge is -2.43. The van der Waals surface area contributed by atoms with Crippen molar-refractivity contribution in [3.8, 4) is 5.75 Å². The van der Waals surface area contributed by atoms with E-state index in [9.17, 15) is 23.4 Å². The maximum atomic E-state index is 13.8. The third-order valence-electron chi connectivity index (χ3n) is 5.27. The Morgan fingerprint density at radius 1 is 1.30 bits per heavy atom. The van der Waals surface area contributed by atoms with Gasteiger partial charge in [0.25, 0.3) is 0 Å². The Hall–Kier alpha value is -1.32. The summed E-state index contributed by atoms with van der Waals surface area (Å²) in [6, 6.07) is 2.14. The van der Waals surface area contributed by atoms with E-state index >= 15 is 0 Å². The van der Waals surface area contributed by atoms with E-state index in [1.165, 1.54) is 10.6 Å². The van der Waals surface area contributed by atoms with Gasteiger partial charge in [-0.15, -0.1) is 0 Å². The van der Waals surface area contributed by atoms with Crippen LogP contribution in [-0.2, 0) is 11.8 Å². The number of nitrogens with zero attached hydrogens (tertiary/aromatic N) is 2. The molecule has 2 N–H and O–H groups in total. The van der Waals surface area contributed by atoms with Crippen LogP contribution in [0.1, 0.15) is 50.0 Å². The molecule has 0 bridgehead atoms. The van der Waals surface area contributed by atoms with Gasteiger partial charge in [-0.25, -0.2) is 4.98 Å². The Morgan fingerprint density at radius 2 is 1.96 bits per heavy atom. The van der Waals surface area contributed by atoms with E-state index in [1.54, 1.807) is 6.92 Å². The zero-order valence-electron chi connectivity index (χ0n) is 14.7. The summed E-state index contributed by atoms with van der Waals surface area (Å²) in [6.45, 7) is 1.89. The van der Waals surface area contributed by atoms with Gasteiger partial charge < -0.3 is 19.5 Å². The molecule has 9 heteroatoms. The summed E-state index contributed by atoms with van der Waals surface area (Å²) in [4.78, 5) is 4.38. The highest BCUT2D eigenvalue weighted by Gasteiger charge is 2.51. The van der Waals surface area contributed by atoms with Crippen LogP contribution in [-0.4, -0.2) is 37.3 Å². The molecule has 0 spiro atoms. The van der Waals surface area contributed by atoms with Gasteiger partial charge in [0.15, 0.2) is 0 Å². The second kappa shape index (κ2) is 6.09. The molecule has 0 radical (unpaired) electrons. The number of rotatable bonds is 5. The summed E-state index contributed by atoms with van der Waals surface area (Å²) in [5.74, 6) is 0.343. The van der Waals surface area contributed by atoms with Crippen molar-refractivity contribution in [2.45, 2.75) is 56.0 Å². The van der Waals surface area contributed by atoms with E-state index in [2.05, 4.69) is 20.9 Å². The highest BCUT2D eigenvalue weighted by molar-refractivity contribution is 9.09. The van der Waals surface area contributed by atoms with E-state index in [0.29, 0.717) is 31.0 Å². The third-order valence-corrected chi connectivity index (χ3v) is 5.59. The maximum absolute atomic E-state index is 13.8. The van der Waals surface area contributed by atoms with Crippen LogP contribution in [0.2, 0.25) is 0 Å². The quantitative estimate of drug-likeness (QED) is 0.680. The van der Waals surface area contributed by atoms with Gasteiger partial charge in [0.2, 0.25) is 0 Å². The van der Waals surface area contributed by atoms with E-state index in [-0.39, 0.29) is 35.3 Å². The van der Waals surface area contributed by atoms with Crippen LogP contribution >= 0.6 is 15.9 Å². The Bertz CT molecular complexity index is 882. The molecule has 2 saturated carbocycles. The number of imidazole rings is 1. The van der Waals surface area contributed by atoms with Gasteiger partial charge in [-0.3, -0.25) is 0 Å². The fourth-order valence-corrected chi connectivity index (χ4v) is 3.99. The van der Waals surface area contributed by atoms with Gasteiger partial charge in [0.05, 0.1) is 28.8 Å². The first-order chi connectivity index (χ1) is 12.5. The molecule has 5 nitrogen and oxygen atoms in total. The summed E-state index contributed by atoms with van der Waals surface area (Å²) in [7, 11) is 0. The van der Waals surface area contributed by atoms with E-state index < -0.39 is 22.9 Å². The van der Waals surface area contributed by atoms with Crippen LogP contribution in [0.4, 0.5) is 13.2 Å². The normalized spacial score (nSPS) is 26.9. The number of fused-ring (bicyclic) bond motifs is 1. The fraction of sp³-hybridized carbons (Fsp3) is 0.611. The smallest absolute Gasteiger partial charge is 0.418 e. The number of alkyl halides is 4. The SMILES string of the molecule is CC1(O)CC(n2c(C3(O)CC3)nc3cc(OCCBr)cc(C(F)(F)F)c32)C1. The molecule has 0 saturated heterocycles. The summed E-state index contributed by atoms with van der Waals surface area (Å²) >= 11 is 3.19. The predicted octanol–water partition coefficient (Wildman–Crippen LogP) is 3.90. The Morgan fingerprint density at radius 3 is 2.48 bits per heavy atom. The van der Waals surface area contributed by atoms with Crippen molar-refractivity contribution in [3.63, 3.8) is 0 Å². The van der Waals surface area contributed by atoms with Crippen molar-refractivity contribution in [3.05, 3.63) is 23.5 Å². The molecule has 1 aromatic carbocycles. The topological polar surface area (TPSA) is 67.5 Å². The van der Waals surface area contributed by atoms with Crippen LogP contribution < -0.4 is 4.74 Å². The minimum absolute atomic E-state index is 0.0514. The van der Waals surface area contributed by atoms with E-state index in [4.69, 9.17) is 4.74 Å². The van der Waals surface area contributed by atoms with Crippen molar-refractivity contribution >= 4 is 27.0 Å². The van der Waals surface area contributed by atoms with E-state index in [1.807, 2.05) is 0 Å². The summed E-state index contributed by atoms with van der Waals surface area (Å²) in [5.41, 5.74) is -2.85. The Balaban J connectivity index is 1.92. The van der Waals surface area contributed by atoms with Gasteiger partial charge in [-0.05, 0) is 38.7 Å². The molecular formula is C18H20BrF3N2O3. The number of hydrogen-bond donors (Lipinski definition) is 2. The average Bonchev–Trinajstić information content (AvgIpc) is 3.17. The molecule has 1 heterocycles. The Labute approximate surface area is 162 Å². The standard InChI is InChI=1S/C18H20BrF3N2O3/c1-16(25)8-10(9-16)24-14-12(18(20,21)22)6-11(27-5-4-19)7-13(14)23-15(24)17(26)2-3-17/h6-7,10,25-26H,2-5,8-9H2,1H3. The van der Waals surface area contributed by atoms with Gasteiger partial charge in [0, 0.05) is 17.4 Å². The molecule has 0 atom stereocenters. The van der Waals surface area contributed by atoms with Gasteiger partial charge in [-0.1, -0.05) is 15.9 Å². The lowest BCUT2D eigenvalue weighted by atomic mass is 9.77. The van der Waals surface area contributed by atoms with Crippen LogP contribution in [0, 0.1) is 0 Å². The highest BCUT2D eigenvalue weighted by atomic mass is 79.9. The molecule has 1 aromatic heterocycles. The minimum Gasteiger partial charge on any atom is -0.493 e. The monoisotopic (exact) mass is 448 g/mol. The molecule has 2 fully saturated rings. The molecule has 0 unspecified atom stereocenters. The van der Waals surface area contributed by atoms with Gasteiger partial charge in [0.1, 0.15) is 17.2 Å². The van der Waals surface area contributed by atoms with Crippen molar-refractivity contribution in [1.82, 2.24) is 9.55 Å². The van der Waals surface area contributed by atoms with Crippen LogP contribution in [0.15, 0.2) is 12.1 Å². The zero-order valence-corrected chi connectivity index (χ0v) is 16.3. The molecule has 0 amide bonds. The largest absolute Gasteiger partial charge is 0.493 e. The first kappa shape index (κ1) is 19.0. The maximum Gasteiger partial charge on any atom is 0.418 e. The van der Waals surface area contributed by atoms with Crippen molar-refractivity contribution in [1.29, 1.82) is 0 Å². The number of aromatic nitrogens is 2. The molecule has 2 aliphatic rings. The van der Waals surface area contributed by atoms with E-state index in [0.717, 1.165) is 6.07 Å². The van der Waals surface area contributed by atoms with Gasteiger partial charge >= 0.3 is 6.18 Å². The zero-order chi connectivity index (χ0) is 19.6. The summed E-state index contributed by atoms with van der Waals surface area (Å²) < 4.78 is 48.4. The van der Waals surface area contributed by atoms with Crippen molar-refractivity contribution in [2.75, 3.05) is 11.9 Å². The number of hydrogen-bond acceptors (Lipinski definition) is 4. The molecular weight excluding hydrogens is 429 g/mol. The second-order valence-electron chi connectivity index (χ2n) is 7.77. The van der Waals surface area contributed by atoms with Crippen molar-refractivity contribution < 1.29 is 28.1 Å². The number of aliphatic hydroxyl groups is 2. The molecule has 27 heavy (non-hydrogen) atoms. The molecule has 0 aliphatic heterocycles. The number of ether oxygens (including phenoxy) is 1. The average molecular weight is 449 g/mol. The first-order valence-corrected chi connectivity index (χ1v) is 9.93. The minimum atomic E-state index is -4.60. The van der Waals surface area contributed by atoms with Crippen molar-refractivity contribution in [2.24, 2.45) is 0 Å². The van der Waals surface area contributed by atoms with Crippen LogP contribution in [0.25, 0.3) is 11.0 Å². The number of halogens is 4.